The molecule has 0 saturated heterocycles. The SMILES string of the molecule is COc1cc2c(cc1C[C@@H](C)O)OCO2. The van der Waals surface area contributed by atoms with E-state index >= 15 is 0 Å². The van der Waals surface area contributed by atoms with Crippen LogP contribution < -0.4 is 14.2 Å². The van der Waals surface area contributed by atoms with Crippen molar-refractivity contribution in [2.45, 2.75) is 19.4 Å². The average Bonchev–Trinajstić information content (AvgIpc) is 2.62. The molecule has 0 spiro atoms. The van der Waals surface area contributed by atoms with Crippen LogP contribution in [0, 0.1) is 0 Å². The van der Waals surface area contributed by atoms with Crippen molar-refractivity contribution in [1.82, 2.24) is 0 Å². The van der Waals surface area contributed by atoms with Gasteiger partial charge >= 0.3 is 0 Å². The molecule has 82 valence electrons. The second-order valence-electron chi connectivity index (χ2n) is 3.57. The lowest BCUT2D eigenvalue weighted by Crippen LogP contribution is -2.05. The number of fused-ring (bicyclic) bond motifs is 1. The van der Waals surface area contributed by atoms with Crippen molar-refractivity contribution in [3.8, 4) is 17.2 Å². The maximum absolute atomic E-state index is 9.35. The average molecular weight is 210 g/mol. The first-order valence-corrected chi connectivity index (χ1v) is 4.85. The molecule has 1 aliphatic heterocycles. The van der Waals surface area contributed by atoms with Gasteiger partial charge in [0, 0.05) is 18.1 Å². The van der Waals surface area contributed by atoms with Gasteiger partial charge in [0.1, 0.15) is 5.75 Å². The molecule has 0 aliphatic carbocycles. The molecular formula is C11H14O4. The molecule has 2 rings (SSSR count). The van der Waals surface area contributed by atoms with Crippen molar-refractivity contribution in [3.63, 3.8) is 0 Å². The Hall–Kier alpha value is -1.42. The Balaban J connectivity index is 2.35. The van der Waals surface area contributed by atoms with Gasteiger partial charge < -0.3 is 19.3 Å². The van der Waals surface area contributed by atoms with E-state index in [-0.39, 0.29) is 6.79 Å². The fourth-order valence-electron chi connectivity index (χ4n) is 1.63. The van der Waals surface area contributed by atoms with Crippen LogP contribution in [0.4, 0.5) is 0 Å². The summed E-state index contributed by atoms with van der Waals surface area (Å²) in [6.07, 6.45) is 0.138. The number of methoxy groups -OCH3 is 1. The largest absolute Gasteiger partial charge is 0.496 e. The second-order valence-corrected chi connectivity index (χ2v) is 3.57. The van der Waals surface area contributed by atoms with Crippen LogP contribution in [0.5, 0.6) is 17.2 Å². The maximum Gasteiger partial charge on any atom is 0.231 e. The zero-order chi connectivity index (χ0) is 10.8. The predicted molar refractivity (Wildman–Crippen MR) is 54.5 cm³/mol. The highest BCUT2D eigenvalue weighted by Crippen LogP contribution is 2.38. The lowest BCUT2D eigenvalue weighted by atomic mass is 10.1. The van der Waals surface area contributed by atoms with Crippen molar-refractivity contribution in [2.75, 3.05) is 13.9 Å². The molecule has 0 radical (unpaired) electrons. The smallest absolute Gasteiger partial charge is 0.231 e. The molecule has 4 nitrogen and oxygen atoms in total. The standard InChI is InChI=1S/C11H14O4/c1-7(12)3-8-4-10-11(15-6-14-10)5-9(8)13-2/h4-5,7,12H,3,6H2,1-2H3/t7-/m1/s1. The van der Waals surface area contributed by atoms with Crippen molar-refractivity contribution >= 4 is 0 Å². The van der Waals surface area contributed by atoms with E-state index < -0.39 is 6.10 Å². The molecule has 0 bridgehead atoms. The van der Waals surface area contributed by atoms with Crippen LogP contribution in [-0.4, -0.2) is 25.1 Å². The lowest BCUT2D eigenvalue weighted by Gasteiger charge is -2.11. The van der Waals surface area contributed by atoms with Crippen LogP contribution in [0.25, 0.3) is 0 Å². The van der Waals surface area contributed by atoms with E-state index in [2.05, 4.69) is 0 Å². The fraction of sp³-hybridized carbons (Fsp3) is 0.455. The molecule has 1 aromatic carbocycles. The van der Waals surface area contributed by atoms with Gasteiger partial charge in [0.2, 0.25) is 6.79 Å². The van der Waals surface area contributed by atoms with E-state index in [1.807, 2.05) is 6.07 Å². The number of rotatable bonds is 3. The third-order valence-electron chi connectivity index (χ3n) is 2.29. The van der Waals surface area contributed by atoms with Crippen molar-refractivity contribution in [3.05, 3.63) is 17.7 Å². The molecule has 15 heavy (non-hydrogen) atoms. The number of aliphatic hydroxyl groups is 1. The van der Waals surface area contributed by atoms with Gasteiger partial charge in [-0.1, -0.05) is 0 Å². The highest BCUT2D eigenvalue weighted by Gasteiger charge is 2.18. The van der Waals surface area contributed by atoms with Gasteiger partial charge in [0.15, 0.2) is 11.5 Å². The van der Waals surface area contributed by atoms with E-state index in [4.69, 9.17) is 14.2 Å². The van der Waals surface area contributed by atoms with Gasteiger partial charge in [-0.05, 0) is 13.0 Å². The van der Waals surface area contributed by atoms with Gasteiger partial charge in [-0.25, -0.2) is 0 Å². The first kappa shape index (κ1) is 10.1. The third kappa shape index (κ3) is 1.99. The van der Waals surface area contributed by atoms with Gasteiger partial charge in [-0.15, -0.1) is 0 Å². The molecule has 0 saturated carbocycles. The van der Waals surface area contributed by atoms with Gasteiger partial charge in [-0.2, -0.15) is 0 Å². The summed E-state index contributed by atoms with van der Waals surface area (Å²) in [6, 6.07) is 3.65. The van der Waals surface area contributed by atoms with E-state index in [0.29, 0.717) is 17.9 Å². The van der Waals surface area contributed by atoms with Gasteiger partial charge in [0.05, 0.1) is 13.2 Å². The van der Waals surface area contributed by atoms with Crippen LogP contribution in [0.2, 0.25) is 0 Å². The van der Waals surface area contributed by atoms with Gasteiger partial charge in [-0.3, -0.25) is 0 Å². The summed E-state index contributed by atoms with van der Waals surface area (Å²) < 4.78 is 15.7. The minimum Gasteiger partial charge on any atom is -0.496 e. The molecule has 1 heterocycles. The topological polar surface area (TPSA) is 47.9 Å². The van der Waals surface area contributed by atoms with Crippen LogP contribution in [0.1, 0.15) is 12.5 Å². The van der Waals surface area contributed by atoms with Crippen LogP contribution in [0.15, 0.2) is 12.1 Å². The summed E-state index contributed by atoms with van der Waals surface area (Å²) in [5.74, 6) is 2.13. The van der Waals surface area contributed by atoms with E-state index in [0.717, 1.165) is 11.3 Å². The summed E-state index contributed by atoms with van der Waals surface area (Å²) in [4.78, 5) is 0. The first-order valence-electron chi connectivity index (χ1n) is 4.85. The Bertz CT molecular complexity index is 360. The van der Waals surface area contributed by atoms with Crippen LogP contribution in [0.3, 0.4) is 0 Å². The molecule has 0 amide bonds. The highest BCUT2D eigenvalue weighted by atomic mass is 16.7. The quantitative estimate of drug-likeness (QED) is 0.818. The molecule has 1 atom stereocenters. The van der Waals surface area contributed by atoms with Crippen LogP contribution in [-0.2, 0) is 6.42 Å². The van der Waals surface area contributed by atoms with Crippen molar-refractivity contribution in [2.24, 2.45) is 0 Å². The van der Waals surface area contributed by atoms with E-state index in [9.17, 15) is 5.11 Å². The Kier molecular flexibility index (Phi) is 2.68. The lowest BCUT2D eigenvalue weighted by molar-refractivity contribution is 0.173. The Morgan fingerprint density at radius 2 is 2.07 bits per heavy atom. The first-order chi connectivity index (χ1) is 7.20. The van der Waals surface area contributed by atoms with Gasteiger partial charge in [0.25, 0.3) is 0 Å². The number of ether oxygens (including phenoxy) is 3. The minimum absolute atomic E-state index is 0.247. The number of aliphatic hydroxyl groups excluding tert-OH is 1. The van der Waals surface area contributed by atoms with E-state index in [1.165, 1.54) is 0 Å². The Labute approximate surface area is 88.4 Å². The highest BCUT2D eigenvalue weighted by molar-refractivity contribution is 5.52. The molecule has 0 aromatic heterocycles. The molecule has 1 aromatic rings. The Morgan fingerprint density at radius 3 is 2.67 bits per heavy atom. The third-order valence-corrected chi connectivity index (χ3v) is 2.29. The summed E-state index contributed by atoms with van der Waals surface area (Å²) in [5, 5.41) is 9.35. The fourth-order valence-corrected chi connectivity index (χ4v) is 1.63. The maximum atomic E-state index is 9.35. The number of hydrogen-bond donors (Lipinski definition) is 1. The second kappa shape index (κ2) is 3.98. The molecule has 4 heteroatoms. The zero-order valence-corrected chi connectivity index (χ0v) is 8.82. The Morgan fingerprint density at radius 1 is 1.40 bits per heavy atom. The minimum atomic E-state index is -0.403. The van der Waals surface area contributed by atoms with Crippen molar-refractivity contribution < 1.29 is 19.3 Å². The number of benzene rings is 1. The molecular weight excluding hydrogens is 196 g/mol. The summed E-state index contributed by atoms with van der Waals surface area (Å²) in [7, 11) is 1.60. The summed E-state index contributed by atoms with van der Waals surface area (Å²) >= 11 is 0. The molecule has 1 aliphatic rings. The van der Waals surface area contributed by atoms with Crippen LogP contribution >= 0.6 is 0 Å². The number of hydrogen-bond acceptors (Lipinski definition) is 4. The van der Waals surface area contributed by atoms with E-state index in [1.54, 1.807) is 20.1 Å². The normalized spacial score (nSPS) is 15.1. The molecule has 1 N–H and O–H groups in total. The van der Waals surface area contributed by atoms with Crippen molar-refractivity contribution in [1.29, 1.82) is 0 Å². The summed E-state index contributed by atoms with van der Waals surface area (Å²) in [5.41, 5.74) is 0.928. The molecule has 0 unspecified atom stereocenters. The monoisotopic (exact) mass is 210 g/mol. The zero-order valence-electron chi connectivity index (χ0n) is 8.82. The summed E-state index contributed by atoms with van der Waals surface area (Å²) in [6.45, 7) is 1.99. The molecule has 0 fully saturated rings. The predicted octanol–water partition coefficient (Wildman–Crippen LogP) is 1.35.